The Bertz CT molecular complexity index is 1240. The lowest BCUT2D eigenvalue weighted by Crippen LogP contribution is -2.22. The molecule has 0 saturated heterocycles. The number of ether oxygens (including phenoxy) is 2. The minimum absolute atomic E-state index is 0.120. The van der Waals surface area contributed by atoms with E-state index >= 15 is 0 Å². The lowest BCUT2D eigenvalue weighted by molar-refractivity contribution is -0.111. The summed E-state index contributed by atoms with van der Waals surface area (Å²) in [6.45, 7) is 6.26. The van der Waals surface area contributed by atoms with Crippen LogP contribution in [0.2, 0.25) is 0 Å². The van der Waals surface area contributed by atoms with Crippen molar-refractivity contribution in [2.75, 3.05) is 11.9 Å². The van der Waals surface area contributed by atoms with Crippen molar-refractivity contribution in [3.63, 3.8) is 0 Å². The fourth-order valence-electron chi connectivity index (χ4n) is 3.91. The van der Waals surface area contributed by atoms with E-state index in [0.717, 1.165) is 29.0 Å². The number of carbonyl (C=O) groups is 1. The summed E-state index contributed by atoms with van der Waals surface area (Å²) >= 11 is 0. The van der Waals surface area contributed by atoms with Crippen LogP contribution < -0.4 is 20.3 Å². The van der Waals surface area contributed by atoms with Crippen molar-refractivity contribution < 1.29 is 14.3 Å². The van der Waals surface area contributed by atoms with Crippen LogP contribution in [0.4, 0.5) is 5.69 Å². The van der Waals surface area contributed by atoms with Gasteiger partial charge in [-0.1, -0.05) is 18.2 Å². The lowest BCUT2D eigenvalue weighted by Gasteiger charge is -2.10. The van der Waals surface area contributed by atoms with Crippen LogP contribution >= 0.6 is 0 Å². The van der Waals surface area contributed by atoms with Crippen molar-refractivity contribution in [3.05, 3.63) is 75.7 Å². The first-order chi connectivity index (χ1) is 15.4. The van der Waals surface area contributed by atoms with Crippen LogP contribution in [0.1, 0.15) is 30.7 Å². The highest BCUT2D eigenvalue weighted by Gasteiger charge is 2.21. The number of benzene rings is 2. The standard InChI is InChI=1S/C25H27N3O4/c1-5-31-21-15-19-13-16(2)32-22(19)14-18(21)11-12-23(29)26-24-17(3)27(4)28(25(24)30)20-9-7-6-8-10-20/h6-12,14-16H,5,13H2,1-4H3,(H,26,29). The molecule has 32 heavy (non-hydrogen) atoms. The molecule has 166 valence electrons. The van der Waals surface area contributed by atoms with Crippen LogP contribution in [0.3, 0.4) is 0 Å². The molecule has 1 aliphatic rings. The maximum Gasteiger partial charge on any atom is 0.295 e. The Labute approximate surface area is 186 Å². The van der Waals surface area contributed by atoms with Gasteiger partial charge in [-0.15, -0.1) is 0 Å². The molecule has 4 rings (SSSR count). The zero-order valence-electron chi connectivity index (χ0n) is 18.7. The number of amides is 1. The number of para-hydroxylation sites is 1. The first kappa shape index (κ1) is 21.5. The van der Waals surface area contributed by atoms with Crippen LogP contribution in [-0.2, 0) is 18.3 Å². The number of nitrogens with zero attached hydrogens (tertiary/aromatic N) is 2. The van der Waals surface area contributed by atoms with Crippen LogP contribution in [0.5, 0.6) is 11.5 Å². The largest absolute Gasteiger partial charge is 0.493 e. The molecule has 3 aromatic rings. The van der Waals surface area contributed by atoms with Gasteiger partial charge in [0.25, 0.3) is 5.56 Å². The van der Waals surface area contributed by atoms with E-state index in [1.54, 1.807) is 24.7 Å². The second-order valence-corrected chi connectivity index (χ2v) is 7.82. The third-order valence-electron chi connectivity index (χ3n) is 5.54. The molecule has 7 heteroatoms. The van der Waals surface area contributed by atoms with Crippen molar-refractivity contribution in [2.45, 2.75) is 33.3 Å². The molecule has 1 unspecified atom stereocenters. The number of fused-ring (bicyclic) bond motifs is 1. The Morgan fingerprint density at radius 1 is 1.28 bits per heavy atom. The van der Waals surface area contributed by atoms with Gasteiger partial charge < -0.3 is 14.8 Å². The average Bonchev–Trinajstić information content (AvgIpc) is 3.23. The predicted molar refractivity (Wildman–Crippen MR) is 125 cm³/mol. The van der Waals surface area contributed by atoms with Crippen molar-refractivity contribution in [2.24, 2.45) is 7.05 Å². The summed E-state index contributed by atoms with van der Waals surface area (Å²) in [6, 6.07) is 13.2. The second kappa shape index (κ2) is 8.78. The number of anilines is 1. The summed E-state index contributed by atoms with van der Waals surface area (Å²) in [5, 5.41) is 2.74. The maximum atomic E-state index is 13.0. The quantitative estimate of drug-likeness (QED) is 0.599. The summed E-state index contributed by atoms with van der Waals surface area (Å²) in [7, 11) is 1.79. The molecule has 2 heterocycles. The van der Waals surface area contributed by atoms with Gasteiger partial charge in [0.2, 0.25) is 5.91 Å². The van der Waals surface area contributed by atoms with E-state index < -0.39 is 5.91 Å². The summed E-state index contributed by atoms with van der Waals surface area (Å²) in [4.78, 5) is 25.7. The fourth-order valence-corrected chi connectivity index (χ4v) is 3.91. The van der Waals surface area contributed by atoms with E-state index in [9.17, 15) is 9.59 Å². The van der Waals surface area contributed by atoms with Gasteiger partial charge in [0.05, 0.1) is 18.0 Å². The molecule has 0 radical (unpaired) electrons. The molecule has 7 nitrogen and oxygen atoms in total. The minimum atomic E-state index is -0.395. The number of rotatable bonds is 6. The van der Waals surface area contributed by atoms with Crippen molar-refractivity contribution in [3.8, 4) is 17.2 Å². The van der Waals surface area contributed by atoms with E-state index in [2.05, 4.69) is 5.32 Å². The first-order valence-corrected chi connectivity index (χ1v) is 10.7. The van der Waals surface area contributed by atoms with E-state index in [-0.39, 0.29) is 17.4 Å². The summed E-state index contributed by atoms with van der Waals surface area (Å²) in [6.07, 6.45) is 4.04. The Hall–Kier alpha value is -3.74. The predicted octanol–water partition coefficient (Wildman–Crippen LogP) is 3.86. The normalized spacial score (nSPS) is 14.9. The molecule has 0 aliphatic carbocycles. The van der Waals surface area contributed by atoms with Crippen molar-refractivity contribution in [1.82, 2.24) is 9.36 Å². The molecule has 0 bridgehead atoms. The first-order valence-electron chi connectivity index (χ1n) is 10.7. The molecule has 0 saturated carbocycles. The summed E-state index contributed by atoms with van der Waals surface area (Å²) in [5.74, 6) is 1.12. The highest BCUT2D eigenvalue weighted by molar-refractivity contribution is 6.02. The molecule has 0 fully saturated rings. The molecular formula is C25H27N3O4. The van der Waals surface area contributed by atoms with Crippen LogP contribution in [0.25, 0.3) is 11.8 Å². The Kier molecular flexibility index (Phi) is 5.90. The molecule has 1 aliphatic heterocycles. The number of carbonyl (C=O) groups excluding carboxylic acids is 1. The monoisotopic (exact) mass is 433 g/mol. The van der Waals surface area contributed by atoms with Crippen molar-refractivity contribution >= 4 is 17.7 Å². The van der Waals surface area contributed by atoms with E-state index in [1.807, 2.05) is 56.3 Å². The number of hydrogen-bond donors (Lipinski definition) is 1. The Morgan fingerprint density at radius 3 is 2.75 bits per heavy atom. The van der Waals surface area contributed by atoms with Gasteiger partial charge in [0.15, 0.2) is 0 Å². The Morgan fingerprint density at radius 2 is 2.03 bits per heavy atom. The van der Waals surface area contributed by atoms with Gasteiger partial charge in [-0.2, -0.15) is 0 Å². The Balaban J connectivity index is 1.59. The van der Waals surface area contributed by atoms with Gasteiger partial charge in [-0.25, -0.2) is 4.68 Å². The van der Waals surface area contributed by atoms with Gasteiger partial charge in [0, 0.05) is 30.7 Å². The van der Waals surface area contributed by atoms with Crippen LogP contribution in [0, 0.1) is 6.92 Å². The highest BCUT2D eigenvalue weighted by atomic mass is 16.5. The average molecular weight is 434 g/mol. The molecule has 1 aromatic heterocycles. The van der Waals surface area contributed by atoms with Gasteiger partial charge >= 0.3 is 0 Å². The minimum Gasteiger partial charge on any atom is -0.493 e. The van der Waals surface area contributed by atoms with E-state index in [1.165, 1.54) is 10.8 Å². The van der Waals surface area contributed by atoms with Crippen LogP contribution in [0.15, 0.2) is 53.3 Å². The zero-order chi connectivity index (χ0) is 22.8. The third-order valence-corrected chi connectivity index (χ3v) is 5.54. The topological polar surface area (TPSA) is 74.5 Å². The highest BCUT2D eigenvalue weighted by Crippen LogP contribution is 2.35. The van der Waals surface area contributed by atoms with E-state index in [0.29, 0.717) is 18.1 Å². The van der Waals surface area contributed by atoms with E-state index in [4.69, 9.17) is 9.47 Å². The van der Waals surface area contributed by atoms with Crippen LogP contribution in [-0.4, -0.2) is 28.0 Å². The molecule has 2 aromatic carbocycles. The molecular weight excluding hydrogens is 406 g/mol. The SMILES string of the molecule is CCOc1cc2c(cc1C=CC(=O)Nc1c(C)n(C)n(-c3ccccc3)c1=O)OC(C)C2. The van der Waals surface area contributed by atoms with Gasteiger partial charge in [0.1, 0.15) is 23.3 Å². The second-order valence-electron chi connectivity index (χ2n) is 7.82. The molecule has 0 spiro atoms. The maximum absolute atomic E-state index is 13.0. The third kappa shape index (κ3) is 4.06. The zero-order valence-corrected chi connectivity index (χ0v) is 18.7. The smallest absolute Gasteiger partial charge is 0.295 e. The molecule has 1 atom stereocenters. The number of aromatic nitrogens is 2. The molecule has 1 N–H and O–H groups in total. The van der Waals surface area contributed by atoms with Gasteiger partial charge in [-0.05, 0) is 51.1 Å². The fraction of sp³-hybridized carbons (Fsp3) is 0.280. The lowest BCUT2D eigenvalue weighted by atomic mass is 10.1. The van der Waals surface area contributed by atoms with Crippen molar-refractivity contribution in [1.29, 1.82) is 0 Å². The number of hydrogen-bond acceptors (Lipinski definition) is 4. The van der Waals surface area contributed by atoms with Gasteiger partial charge in [-0.3, -0.25) is 14.3 Å². The molecule has 1 amide bonds. The number of nitrogens with one attached hydrogen (secondary N) is 1. The summed E-state index contributed by atoms with van der Waals surface area (Å²) in [5.41, 5.74) is 3.21. The summed E-state index contributed by atoms with van der Waals surface area (Å²) < 4.78 is 14.8.